The lowest BCUT2D eigenvalue weighted by Crippen LogP contribution is -3.11. The van der Waals surface area contributed by atoms with E-state index in [1.807, 2.05) is 36.4 Å². The van der Waals surface area contributed by atoms with Crippen LogP contribution < -0.4 is 9.64 Å². The lowest BCUT2D eigenvalue weighted by molar-refractivity contribution is -0.883. The van der Waals surface area contributed by atoms with Crippen LogP contribution in [0, 0.1) is 11.3 Å². The lowest BCUT2D eigenvalue weighted by atomic mass is 9.83. The highest BCUT2D eigenvalue weighted by atomic mass is 16.5. The quantitative estimate of drug-likeness (QED) is 0.630. The van der Waals surface area contributed by atoms with Crippen molar-refractivity contribution in [2.75, 3.05) is 33.2 Å². The Balaban J connectivity index is 1.74. The number of quaternary nitrogens is 1. The molecule has 0 spiro atoms. The second kappa shape index (κ2) is 7.75. The van der Waals surface area contributed by atoms with Crippen LogP contribution in [0.4, 0.5) is 0 Å². The maximum absolute atomic E-state index is 9.92. The third kappa shape index (κ3) is 3.57. The molecule has 2 aromatic rings. The number of hydrogen-bond donors (Lipinski definition) is 2. The van der Waals surface area contributed by atoms with Gasteiger partial charge in [0.05, 0.1) is 45.5 Å². The normalized spacial score (nSPS) is 20.0. The predicted octanol–water partition coefficient (Wildman–Crippen LogP) is 1.51. The number of likely N-dealkylation sites (N-methyl/N-ethyl adjacent to an activating group) is 1. The number of piperazine rings is 1. The number of fused-ring (bicyclic) bond motifs is 1. The molecule has 0 saturated carbocycles. The number of allylic oxidation sites excluding steroid dienone is 1. The molecule has 0 aliphatic carbocycles. The van der Waals surface area contributed by atoms with Crippen molar-refractivity contribution in [3.05, 3.63) is 71.1 Å². The number of aliphatic imine (C=N–C) groups is 1. The molecule has 1 saturated heterocycles. The molecule has 0 aromatic heterocycles. The summed E-state index contributed by atoms with van der Waals surface area (Å²) < 4.78 is 5.95. The van der Waals surface area contributed by atoms with E-state index < -0.39 is 0 Å². The van der Waals surface area contributed by atoms with Crippen molar-refractivity contribution in [3.63, 3.8) is 0 Å². The zero-order valence-electron chi connectivity index (χ0n) is 15.8. The van der Waals surface area contributed by atoms with Gasteiger partial charge in [-0.15, -0.1) is 0 Å². The van der Waals surface area contributed by atoms with Gasteiger partial charge in [0.2, 0.25) is 5.88 Å². The van der Waals surface area contributed by atoms with Gasteiger partial charge in [0.1, 0.15) is 23.1 Å². The molecule has 2 aliphatic heterocycles. The minimum Gasteiger partial charge on any atom is -0.508 e. The second-order valence-electron chi connectivity index (χ2n) is 7.24. The zero-order valence-corrected chi connectivity index (χ0v) is 15.8. The Morgan fingerprint density at radius 1 is 1.21 bits per heavy atom. The van der Waals surface area contributed by atoms with Crippen molar-refractivity contribution in [1.29, 1.82) is 5.26 Å². The van der Waals surface area contributed by atoms with Gasteiger partial charge in [-0.1, -0.05) is 36.4 Å². The molecule has 1 fully saturated rings. The maximum atomic E-state index is 9.92. The van der Waals surface area contributed by atoms with Crippen LogP contribution in [0.3, 0.4) is 0 Å². The SMILES string of the molecule is C[NH+]1CCN(C=NC2=C(C#N)[C@H](c3ccccc3)c3ccc(O)cc3O2)CC1. The summed E-state index contributed by atoms with van der Waals surface area (Å²) in [6.45, 7) is 3.95. The summed E-state index contributed by atoms with van der Waals surface area (Å²) in [5, 5.41) is 19.8. The lowest BCUT2D eigenvalue weighted by Gasteiger charge is -2.29. The number of nitrogens with zero attached hydrogens (tertiary/aromatic N) is 3. The predicted molar refractivity (Wildman–Crippen MR) is 106 cm³/mol. The molecule has 28 heavy (non-hydrogen) atoms. The summed E-state index contributed by atoms with van der Waals surface area (Å²) in [5.74, 6) is 0.666. The van der Waals surface area contributed by atoms with E-state index in [9.17, 15) is 10.4 Å². The van der Waals surface area contributed by atoms with Gasteiger partial charge in [0.15, 0.2) is 0 Å². The summed E-state index contributed by atoms with van der Waals surface area (Å²) in [6, 6.07) is 17.2. The van der Waals surface area contributed by atoms with Gasteiger partial charge in [0, 0.05) is 11.6 Å². The molecule has 4 rings (SSSR count). The van der Waals surface area contributed by atoms with E-state index in [1.165, 1.54) is 4.90 Å². The van der Waals surface area contributed by atoms with E-state index in [0.717, 1.165) is 37.3 Å². The number of hydrogen-bond acceptors (Lipinski definition) is 4. The largest absolute Gasteiger partial charge is 0.508 e. The second-order valence-corrected chi connectivity index (χ2v) is 7.24. The summed E-state index contributed by atoms with van der Waals surface area (Å²) in [4.78, 5) is 8.18. The van der Waals surface area contributed by atoms with E-state index in [4.69, 9.17) is 4.74 Å². The van der Waals surface area contributed by atoms with Crippen LogP contribution in [-0.2, 0) is 0 Å². The smallest absolute Gasteiger partial charge is 0.235 e. The van der Waals surface area contributed by atoms with E-state index in [1.54, 1.807) is 18.5 Å². The number of aromatic hydroxyl groups is 1. The third-order valence-electron chi connectivity index (χ3n) is 5.28. The van der Waals surface area contributed by atoms with Gasteiger partial charge >= 0.3 is 0 Å². The van der Waals surface area contributed by atoms with E-state index in [0.29, 0.717) is 17.2 Å². The first-order valence-corrected chi connectivity index (χ1v) is 9.45. The zero-order chi connectivity index (χ0) is 19.5. The van der Waals surface area contributed by atoms with Crippen LogP contribution in [0.25, 0.3) is 0 Å². The van der Waals surface area contributed by atoms with Gasteiger partial charge < -0.3 is 19.6 Å². The summed E-state index contributed by atoms with van der Waals surface area (Å²) in [6.07, 6.45) is 1.77. The number of phenolic OH excluding ortho intramolecular Hbond substituents is 1. The van der Waals surface area contributed by atoms with Gasteiger partial charge in [-0.25, -0.2) is 4.99 Å². The molecular formula is C22H23N4O2+. The van der Waals surface area contributed by atoms with Crippen LogP contribution in [-0.4, -0.2) is 49.6 Å². The van der Waals surface area contributed by atoms with Crippen LogP contribution in [0.2, 0.25) is 0 Å². The van der Waals surface area contributed by atoms with Gasteiger partial charge in [-0.3, -0.25) is 0 Å². The molecule has 142 valence electrons. The summed E-state index contributed by atoms with van der Waals surface area (Å²) in [7, 11) is 2.18. The highest BCUT2D eigenvalue weighted by molar-refractivity contribution is 5.61. The van der Waals surface area contributed by atoms with E-state index in [-0.39, 0.29) is 11.7 Å². The molecule has 0 radical (unpaired) electrons. The number of rotatable bonds is 3. The average molecular weight is 375 g/mol. The topological polar surface area (TPSA) is 73.3 Å². The molecule has 6 heteroatoms. The number of nitrogens with one attached hydrogen (secondary N) is 1. The van der Waals surface area contributed by atoms with Crippen molar-refractivity contribution >= 4 is 6.34 Å². The van der Waals surface area contributed by atoms with Crippen LogP contribution in [0.15, 0.2) is 65.0 Å². The molecule has 0 amide bonds. The molecule has 1 atom stereocenters. The number of benzene rings is 2. The first-order chi connectivity index (χ1) is 13.7. The highest BCUT2D eigenvalue weighted by Gasteiger charge is 2.31. The monoisotopic (exact) mass is 375 g/mol. The fourth-order valence-corrected chi connectivity index (χ4v) is 3.64. The Labute approximate surface area is 164 Å². The fourth-order valence-electron chi connectivity index (χ4n) is 3.64. The standard InChI is InChI=1S/C22H22N4O2/c1-25-9-11-26(12-10-25)15-24-22-19(14-23)21(16-5-3-2-4-6-16)18-8-7-17(27)13-20(18)28-22/h2-8,13,15,21,27H,9-12H2,1H3/p+1/t21-/m1/s1. The van der Waals surface area contributed by atoms with Crippen molar-refractivity contribution in [3.8, 4) is 17.6 Å². The Kier molecular flexibility index (Phi) is 5.00. The highest BCUT2D eigenvalue weighted by Crippen LogP contribution is 2.44. The van der Waals surface area contributed by atoms with Crippen LogP contribution in [0.1, 0.15) is 17.0 Å². The van der Waals surface area contributed by atoms with Crippen molar-refractivity contribution in [2.45, 2.75) is 5.92 Å². The Morgan fingerprint density at radius 3 is 2.68 bits per heavy atom. The molecule has 2 N–H and O–H groups in total. The molecule has 0 bridgehead atoms. The van der Waals surface area contributed by atoms with Crippen molar-refractivity contribution in [1.82, 2.24) is 4.90 Å². The molecular weight excluding hydrogens is 352 g/mol. The van der Waals surface area contributed by atoms with Gasteiger partial charge in [0.25, 0.3) is 0 Å². The van der Waals surface area contributed by atoms with Crippen LogP contribution >= 0.6 is 0 Å². The number of ether oxygens (including phenoxy) is 1. The third-order valence-corrected chi connectivity index (χ3v) is 5.28. The van der Waals surface area contributed by atoms with Gasteiger partial charge in [-0.05, 0) is 11.6 Å². The number of nitriles is 1. The fraction of sp³-hybridized carbons (Fsp3) is 0.273. The van der Waals surface area contributed by atoms with E-state index in [2.05, 4.69) is 23.0 Å². The Hall–Kier alpha value is -3.30. The van der Waals surface area contributed by atoms with Crippen molar-refractivity contribution in [2.24, 2.45) is 4.99 Å². The molecule has 2 aromatic carbocycles. The molecule has 6 nitrogen and oxygen atoms in total. The molecule has 2 aliphatic rings. The Morgan fingerprint density at radius 2 is 1.96 bits per heavy atom. The van der Waals surface area contributed by atoms with Crippen molar-refractivity contribution < 1.29 is 14.7 Å². The minimum atomic E-state index is -0.278. The minimum absolute atomic E-state index is 0.122. The average Bonchev–Trinajstić information content (AvgIpc) is 2.72. The summed E-state index contributed by atoms with van der Waals surface area (Å²) >= 11 is 0. The number of phenols is 1. The molecule has 2 heterocycles. The maximum Gasteiger partial charge on any atom is 0.235 e. The summed E-state index contributed by atoms with van der Waals surface area (Å²) in [5.41, 5.74) is 2.31. The first kappa shape index (κ1) is 18.1. The first-order valence-electron chi connectivity index (χ1n) is 9.45. The van der Waals surface area contributed by atoms with Gasteiger partial charge in [-0.2, -0.15) is 5.26 Å². The van der Waals surface area contributed by atoms with E-state index >= 15 is 0 Å². The van der Waals surface area contributed by atoms with Crippen LogP contribution in [0.5, 0.6) is 11.5 Å². The Bertz CT molecular complexity index is 954. The molecule has 0 unspecified atom stereocenters.